The molecule has 234 valence electrons. The average molecular weight is 600 g/mol. The van der Waals surface area contributed by atoms with Crippen molar-refractivity contribution >= 4 is 23.4 Å². The molecule has 3 saturated heterocycles. The summed E-state index contributed by atoms with van der Waals surface area (Å²) in [6, 6.07) is 14.8. The van der Waals surface area contributed by atoms with E-state index in [-0.39, 0.29) is 30.9 Å². The summed E-state index contributed by atoms with van der Waals surface area (Å²) in [5.41, 5.74) is 2.63. The minimum atomic E-state index is -1.08. The van der Waals surface area contributed by atoms with Gasteiger partial charge in [-0.25, -0.2) is 0 Å². The van der Waals surface area contributed by atoms with Crippen molar-refractivity contribution in [1.82, 2.24) is 9.80 Å². The number of carbonyl (C=O) groups excluding carboxylic acids is 3. The predicted octanol–water partition coefficient (Wildman–Crippen LogP) is 4.57. The highest BCUT2D eigenvalue weighted by Crippen LogP contribution is 2.59. The van der Waals surface area contributed by atoms with Gasteiger partial charge in [0.25, 0.3) is 5.91 Å². The fraction of sp³-hybridized carbons (Fsp3) is 0.472. The van der Waals surface area contributed by atoms with Crippen LogP contribution >= 0.6 is 0 Å². The van der Waals surface area contributed by atoms with Crippen molar-refractivity contribution < 1.29 is 24.2 Å². The Balaban J connectivity index is 1.53. The van der Waals surface area contributed by atoms with Gasteiger partial charge in [-0.05, 0) is 62.6 Å². The molecule has 3 fully saturated rings. The maximum absolute atomic E-state index is 14.8. The number of carbonyl (C=O) groups is 3. The topological polar surface area (TPSA) is 90.4 Å². The number of fused-ring (bicyclic) bond motifs is 1. The molecule has 3 amide bonds. The van der Waals surface area contributed by atoms with E-state index >= 15 is 0 Å². The van der Waals surface area contributed by atoms with Crippen molar-refractivity contribution in [2.45, 2.75) is 70.2 Å². The van der Waals surface area contributed by atoms with Gasteiger partial charge in [0.15, 0.2) is 0 Å². The van der Waals surface area contributed by atoms with Crippen LogP contribution in [0.4, 0.5) is 5.69 Å². The summed E-state index contributed by atoms with van der Waals surface area (Å²) in [5, 5.41) is 9.35. The van der Waals surface area contributed by atoms with Gasteiger partial charge in [0.2, 0.25) is 11.8 Å². The van der Waals surface area contributed by atoms with E-state index in [9.17, 15) is 19.5 Å². The zero-order chi connectivity index (χ0) is 31.4. The molecule has 0 aromatic heterocycles. The highest BCUT2D eigenvalue weighted by Gasteiger charge is 2.74. The number of ether oxygens (including phenoxy) is 1. The summed E-state index contributed by atoms with van der Waals surface area (Å²) < 4.78 is 6.73. The van der Waals surface area contributed by atoms with Crippen molar-refractivity contribution in [3.05, 3.63) is 90.5 Å². The molecule has 5 rings (SSSR count). The highest BCUT2D eigenvalue weighted by molar-refractivity contribution is 6.05. The lowest BCUT2D eigenvalue weighted by molar-refractivity contribution is -0.145. The molecule has 3 aliphatic heterocycles. The van der Waals surface area contributed by atoms with Crippen molar-refractivity contribution in [3.8, 4) is 0 Å². The predicted molar refractivity (Wildman–Crippen MR) is 171 cm³/mol. The molecule has 2 bridgehead atoms. The summed E-state index contributed by atoms with van der Waals surface area (Å²) >= 11 is 0. The lowest BCUT2D eigenvalue weighted by atomic mass is 9.70. The van der Waals surface area contributed by atoms with Gasteiger partial charge < -0.3 is 24.5 Å². The van der Waals surface area contributed by atoms with Crippen LogP contribution in [0.5, 0.6) is 0 Å². The van der Waals surface area contributed by atoms with Crippen molar-refractivity contribution in [3.63, 3.8) is 0 Å². The van der Waals surface area contributed by atoms with Gasteiger partial charge in [0, 0.05) is 38.5 Å². The quantitative estimate of drug-likeness (QED) is 0.254. The van der Waals surface area contributed by atoms with E-state index in [0.29, 0.717) is 45.3 Å². The van der Waals surface area contributed by atoms with Crippen molar-refractivity contribution in [1.29, 1.82) is 0 Å². The lowest BCUT2D eigenvalue weighted by Gasteiger charge is -2.37. The average Bonchev–Trinajstić information content (AvgIpc) is 3.66. The monoisotopic (exact) mass is 599 g/mol. The molecule has 0 saturated carbocycles. The van der Waals surface area contributed by atoms with Crippen LogP contribution in [0.2, 0.25) is 0 Å². The SMILES string of the molecule is C=CCN(Cc1ccccc1)C(=O)[C@@H]1[C@@H]2CCC3(O2)C(C(=O)N(CC=C)c2c(C)cccc2C)N(CCCCCO)C(=O)[C@H]13. The Labute approximate surface area is 261 Å². The number of hydrogen-bond donors (Lipinski definition) is 1. The number of hydrogen-bond acceptors (Lipinski definition) is 5. The van der Waals surface area contributed by atoms with Gasteiger partial charge in [-0.2, -0.15) is 0 Å². The first kappa shape index (κ1) is 31.7. The number of benzene rings is 2. The molecule has 3 heterocycles. The molecule has 8 nitrogen and oxygen atoms in total. The van der Waals surface area contributed by atoms with Crippen LogP contribution < -0.4 is 4.90 Å². The Morgan fingerprint density at radius 2 is 1.70 bits per heavy atom. The summed E-state index contributed by atoms with van der Waals surface area (Å²) in [6.07, 6.45) is 6.12. The third kappa shape index (κ3) is 5.61. The molecule has 1 spiro atoms. The van der Waals surface area contributed by atoms with Crippen LogP contribution in [0.25, 0.3) is 0 Å². The maximum Gasteiger partial charge on any atom is 0.253 e. The molecule has 0 aliphatic carbocycles. The molecule has 44 heavy (non-hydrogen) atoms. The van der Waals surface area contributed by atoms with Gasteiger partial charge in [0.1, 0.15) is 11.6 Å². The van der Waals surface area contributed by atoms with Crippen molar-refractivity contribution in [2.75, 3.05) is 31.1 Å². The van der Waals surface area contributed by atoms with E-state index in [1.807, 2.05) is 62.4 Å². The van der Waals surface area contributed by atoms with E-state index in [2.05, 4.69) is 13.2 Å². The molecule has 0 radical (unpaired) electrons. The molecule has 2 unspecified atom stereocenters. The summed E-state index contributed by atoms with van der Waals surface area (Å²) in [6.45, 7) is 13.2. The minimum Gasteiger partial charge on any atom is -0.396 e. The Hall–Kier alpha value is -3.75. The molecular formula is C36H45N3O5. The van der Waals surface area contributed by atoms with E-state index < -0.39 is 29.6 Å². The second-order valence-corrected chi connectivity index (χ2v) is 12.3. The normalized spacial score (nSPS) is 25.2. The van der Waals surface area contributed by atoms with Crippen LogP contribution in [0.3, 0.4) is 0 Å². The number of para-hydroxylation sites is 1. The second kappa shape index (κ2) is 13.5. The minimum absolute atomic E-state index is 0.0739. The highest BCUT2D eigenvalue weighted by atomic mass is 16.5. The Morgan fingerprint density at radius 1 is 1.00 bits per heavy atom. The maximum atomic E-state index is 14.8. The van der Waals surface area contributed by atoms with Crippen LogP contribution in [0.1, 0.15) is 48.8 Å². The van der Waals surface area contributed by atoms with E-state index in [4.69, 9.17) is 4.74 Å². The second-order valence-electron chi connectivity index (χ2n) is 12.3. The number of amides is 3. The Bertz CT molecular complexity index is 1370. The number of unbranched alkanes of at least 4 members (excludes halogenated alkanes) is 2. The number of anilines is 1. The van der Waals surface area contributed by atoms with E-state index in [1.165, 1.54) is 0 Å². The first-order valence-corrected chi connectivity index (χ1v) is 15.8. The summed E-state index contributed by atoms with van der Waals surface area (Å²) in [7, 11) is 0. The van der Waals surface area contributed by atoms with Gasteiger partial charge in [-0.1, -0.05) is 60.7 Å². The Kier molecular flexibility index (Phi) is 9.71. The Morgan fingerprint density at radius 3 is 2.36 bits per heavy atom. The van der Waals surface area contributed by atoms with Gasteiger partial charge in [0.05, 0.1) is 17.9 Å². The standard InChI is InChI=1S/C36H45N3O5/c1-5-20-37(24-27-16-9-7-10-17-27)33(41)29-28-18-19-36(44-28)30(29)34(42)39(22-11-8-12-23-40)32(36)35(43)38(21-6-2)31-25(3)14-13-15-26(31)4/h5-7,9-10,13-17,28-30,32,40H,1-2,8,11-12,18-24H2,3-4H3/t28-,29+,30-,32?,36?/m0/s1. The fourth-order valence-corrected chi connectivity index (χ4v) is 7.73. The van der Waals surface area contributed by atoms with Crippen molar-refractivity contribution in [2.24, 2.45) is 11.8 Å². The zero-order valence-corrected chi connectivity index (χ0v) is 26.0. The molecular weight excluding hydrogens is 554 g/mol. The van der Waals surface area contributed by atoms with Gasteiger partial charge in [-0.15, -0.1) is 13.2 Å². The van der Waals surface area contributed by atoms with Gasteiger partial charge >= 0.3 is 0 Å². The number of nitrogens with zero attached hydrogens (tertiary/aromatic N) is 3. The molecule has 5 atom stereocenters. The van der Waals surface area contributed by atoms with Gasteiger partial charge in [-0.3, -0.25) is 14.4 Å². The zero-order valence-electron chi connectivity index (χ0n) is 26.0. The molecule has 2 aromatic carbocycles. The fourth-order valence-electron chi connectivity index (χ4n) is 7.73. The van der Waals surface area contributed by atoms with E-state index in [0.717, 1.165) is 28.8 Å². The number of likely N-dealkylation sites (tertiary alicyclic amines) is 1. The van der Waals surface area contributed by atoms with Crippen LogP contribution in [0.15, 0.2) is 73.8 Å². The number of aliphatic hydroxyl groups is 1. The smallest absolute Gasteiger partial charge is 0.253 e. The first-order chi connectivity index (χ1) is 21.3. The lowest BCUT2D eigenvalue weighted by Crippen LogP contribution is -2.57. The number of aryl methyl sites for hydroxylation is 2. The third-order valence-electron chi connectivity index (χ3n) is 9.54. The summed E-state index contributed by atoms with van der Waals surface area (Å²) in [4.78, 5) is 48.8. The third-order valence-corrected chi connectivity index (χ3v) is 9.54. The van der Waals surface area contributed by atoms with Crippen LogP contribution in [-0.4, -0.2) is 76.6 Å². The van der Waals surface area contributed by atoms with E-state index in [1.54, 1.807) is 26.9 Å². The van der Waals surface area contributed by atoms with Crippen LogP contribution in [0, 0.1) is 25.7 Å². The molecule has 2 aromatic rings. The molecule has 3 aliphatic rings. The first-order valence-electron chi connectivity index (χ1n) is 15.8. The molecule has 8 heteroatoms. The summed E-state index contributed by atoms with van der Waals surface area (Å²) in [5.74, 6) is -1.95. The van der Waals surface area contributed by atoms with Crippen LogP contribution in [-0.2, 0) is 25.7 Å². The number of rotatable bonds is 14. The molecule has 1 N–H and O–H groups in total. The largest absolute Gasteiger partial charge is 0.396 e. The number of aliphatic hydroxyl groups excluding tert-OH is 1.